The van der Waals surface area contributed by atoms with E-state index < -0.39 is 10.8 Å². The Morgan fingerprint density at radius 3 is 2.84 bits per heavy atom. The molecule has 2 unspecified atom stereocenters. The van der Waals surface area contributed by atoms with Crippen LogP contribution in [-0.2, 0) is 4.79 Å². The van der Waals surface area contributed by atoms with Crippen LogP contribution in [0.4, 0.5) is 11.4 Å². The second-order valence-electron chi connectivity index (χ2n) is 5.99. The molecule has 0 aliphatic heterocycles. The largest absolute Gasteiger partial charge is 0.461 e. The van der Waals surface area contributed by atoms with Crippen molar-refractivity contribution < 1.29 is 14.1 Å². The number of nitro benzene ring substituents is 1. The first-order valence-corrected chi connectivity index (χ1v) is 7.75. The van der Waals surface area contributed by atoms with Crippen molar-refractivity contribution in [3.05, 3.63) is 63.6 Å². The third-order valence-corrected chi connectivity index (χ3v) is 4.09. The first kappa shape index (κ1) is 16.5. The van der Waals surface area contributed by atoms with E-state index in [4.69, 9.17) is 4.42 Å². The minimum atomic E-state index is -0.652. The summed E-state index contributed by atoms with van der Waals surface area (Å²) >= 11 is 0. The predicted octanol–water partition coefficient (Wildman–Crippen LogP) is 3.86. The Kier molecular flexibility index (Phi) is 4.35. The van der Waals surface area contributed by atoms with Crippen molar-refractivity contribution in [3.63, 3.8) is 0 Å². The van der Waals surface area contributed by atoms with Gasteiger partial charge in [0, 0.05) is 29.8 Å². The van der Waals surface area contributed by atoms with E-state index in [2.05, 4.69) is 12.2 Å². The highest BCUT2D eigenvalue weighted by molar-refractivity contribution is 6.09. The predicted molar refractivity (Wildman–Crippen MR) is 90.5 cm³/mol. The molecule has 1 N–H and O–H groups in total. The Balaban J connectivity index is 1.75. The number of hydrogen-bond acceptors (Lipinski definition) is 5. The van der Waals surface area contributed by atoms with Crippen molar-refractivity contribution in [2.75, 3.05) is 5.32 Å². The van der Waals surface area contributed by atoms with Gasteiger partial charge >= 0.3 is 0 Å². The third kappa shape index (κ3) is 3.75. The van der Waals surface area contributed by atoms with Gasteiger partial charge in [0.2, 0.25) is 0 Å². The number of anilines is 1. The van der Waals surface area contributed by atoms with Gasteiger partial charge in [-0.3, -0.25) is 14.9 Å². The molecule has 3 rings (SSSR count). The zero-order valence-corrected chi connectivity index (χ0v) is 13.4. The monoisotopic (exact) mass is 337 g/mol. The lowest BCUT2D eigenvalue weighted by Crippen LogP contribution is -2.13. The number of hydrogen-bond donors (Lipinski definition) is 1. The lowest BCUT2D eigenvalue weighted by molar-refractivity contribution is -0.384. The first-order chi connectivity index (χ1) is 12.0. The van der Waals surface area contributed by atoms with Gasteiger partial charge in [0.25, 0.3) is 11.6 Å². The highest BCUT2D eigenvalue weighted by Crippen LogP contribution is 2.47. The van der Waals surface area contributed by atoms with Crippen molar-refractivity contribution in [1.29, 1.82) is 5.26 Å². The van der Waals surface area contributed by atoms with E-state index in [0.29, 0.717) is 17.6 Å². The molecular formula is C18H15N3O4. The average Bonchev–Trinajstić information content (AvgIpc) is 3.14. The molecule has 2 atom stereocenters. The summed E-state index contributed by atoms with van der Waals surface area (Å²) in [4.78, 5) is 22.4. The van der Waals surface area contributed by atoms with Gasteiger partial charge in [-0.05, 0) is 30.5 Å². The fourth-order valence-corrected chi connectivity index (χ4v) is 2.55. The van der Waals surface area contributed by atoms with E-state index in [-0.39, 0.29) is 16.9 Å². The van der Waals surface area contributed by atoms with Crippen LogP contribution in [-0.4, -0.2) is 10.8 Å². The van der Waals surface area contributed by atoms with Gasteiger partial charge in [0.15, 0.2) is 0 Å². The van der Waals surface area contributed by atoms with Crippen LogP contribution in [0.25, 0.3) is 6.08 Å². The molecule has 1 fully saturated rings. The molecule has 0 saturated heterocycles. The molecule has 1 aromatic heterocycles. The third-order valence-electron chi connectivity index (χ3n) is 4.09. The summed E-state index contributed by atoms with van der Waals surface area (Å²) < 4.78 is 5.66. The summed E-state index contributed by atoms with van der Waals surface area (Å²) in [5.74, 6) is 1.64. The van der Waals surface area contributed by atoms with Gasteiger partial charge in [-0.25, -0.2) is 0 Å². The van der Waals surface area contributed by atoms with E-state index in [1.54, 1.807) is 6.07 Å². The number of amides is 1. The highest BCUT2D eigenvalue weighted by atomic mass is 16.6. The smallest absolute Gasteiger partial charge is 0.271 e. The number of rotatable bonds is 5. The molecular weight excluding hydrogens is 322 g/mol. The van der Waals surface area contributed by atoms with Crippen molar-refractivity contribution in [1.82, 2.24) is 0 Å². The van der Waals surface area contributed by atoms with Crippen molar-refractivity contribution in [2.45, 2.75) is 19.3 Å². The van der Waals surface area contributed by atoms with E-state index in [9.17, 15) is 20.2 Å². The molecule has 1 aliphatic rings. The average molecular weight is 337 g/mol. The van der Waals surface area contributed by atoms with Crippen LogP contribution in [0, 0.1) is 27.4 Å². The van der Waals surface area contributed by atoms with Crippen molar-refractivity contribution in [2.24, 2.45) is 5.92 Å². The Morgan fingerprint density at radius 2 is 2.20 bits per heavy atom. The van der Waals surface area contributed by atoms with E-state index in [1.165, 1.54) is 30.3 Å². The quantitative estimate of drug-likeness (QED) is 0.385. The molecule has 7 heteroatoms. The fraction of sp³-hybridized carbons (Fsp3) is 0.222. The number of nitro groups is 1. The van der Waals surface area contributed by atoms with Gasteiger partial charge < -0.3 is 9.73 Å². The number of furan rings is 1. The van der Waals surface area contributed by atoms with Crippen LogP contribution in [0.3, 0.4) is 0 Å². The SMILES string of the molecule is CC1CC1c1ccc(C=C(C#N)C(=O)Nc2cccc([N+](=O)[O-])c2)o1. The van der Waals surface area contributed by atoms with Gasteiger partial charge in [-0.15, -0.1) is 0 Å². The Hall–Kier alpha value is -3.40. The fourth-order valence-electron chi connectivity index (χ4n) is 2.55. The van der Waals surface area contributed by atoms with Crippen LogP contribution in [0.2, 0.25) is 0 Å². The van der Waals surface area contributed by atoms with Gasteiger partial charge in [0.1, 0.15) is 23.2 Å². The number of nitriles is 1. The van der Waals surface area contributed by atoms with E-state index in [0.717, 1.165) is 12.2 Å². The lowest BCUT2D eigenvalue weighted by atomic mass is 10.2. The number of nitrogens with one attached hydrogen (secondary N) is 1. The van der Waals surface area contributed by atoms with E-state index >= 15 is 0 Å². The normalized spacial score (nSPS) is 19.1. The number of non-ortho nitro benzene ring substituents is 1. The van der Waals surface area contributed by atoms with Crippen LogP contribution >= 0.6 is 0 Å². The summed E-state index contributed by atoms with van der Waals surface area (Å²) in [6.07, 6.45) is 2.44. The molecule has 0 spiro atoms. The maximum absolute atomic E-state index is 12.2. The standard InChI is InChI=1S/C18H15N3O4/c1-11-7-16(11)17-6-5-15(25-17)8-12(10-19)18(22)20-13-3-2-4-14(9-13)21(23)24/h2-6,8-9,11,16H,7H2,1H3,(H,20,22). The summed E-state index contributed by atoms with van der Waals surface area (Å²) in [5.41, 5.74) is -0.0435. The van der Waals surface area contributed by atoms with Gasteiger partial charge in [-0.1, -0.05) is 13.0 Å². The van der Waals surface area contributed by atoms with Gasteiger partial charge in [-0.2, -0.15) is 5.26 Å². The molecule has 1 aromatic carbocycles. The Morgan fingerprint density at radius 1 is 1.44 bits per heavy atom. The van der Waals surface area contributed by atoms with Gasteiger partial charge in [0.05, 0.1) is 4.92 Å². The van der Waals surface area contributed by atoms with Crippen molar-refractivity contribution in [3.8, 4) is 6.07 Å². The van der Waals surface area contributed by atoms with Crippen LogP contribution < -0.4 is 5.32 Å². The molecule has 2 aromatic rings. The molecule has 1 heterocycles. The molecule has 0 bridgehead atoms. The second kappa shape index (κ2) is 6.61. The summed E-state index contributed by atoms with van der Waals surface area (Å²) in [6.45, 7) is 2.13. The Bertz CT molecular complexity index is 907. The number of benzene rings is 1. The molecule has 0 radical (unpaired) electrons. The van der Waals surface area contributed by atoms with Crippen LogP contribution in [0.15, 0.2) is 46.4 Å². The zero-order valence-electron chi connectivity index (χ0n) is 13.4. The maximum Gasteiger partial charge on any atom is 0.271 e. The molecule has 126 valence electrons. The van der Waals surface area contributed by atoms with E-state index in [1.807, 2.05) is 12.1 Å². The van der Waals surface area contributed by atoms with Crippen LogP contribution in [0.1, 0.15) is 30.8 Å². The minimum Gasteiger partial charge on any atom is -0.461 e. The second-order valence-corrected chi connectivity index (χ2v) is 5.99. The number of carbonyl (C=O) groups excluding carboxylic acids is 1. The molecule has 1 saturated carbocycles. The highest BCUT2D eigenvalue weighted by Gasteiger charge is 2.36. The zero-order chi connectivity index (χ0) is 18.0. The Labute approximate surface area is 143 Å². The summed E-state index contributed by atoms with van der Waals surface area (Å²) in [6, 6.07) is 10.9. The molecule has 1 aliphatic carbocycles. The lowest BCUT2D eigenvalue weighted by Gasteiger charge is -2.03. The first-order valence-electron chi connectivity index (χ1n) is 7.75. The number of nitrogens with zero attached hydrogens (tertiary/aromatic N) is 2. The molecule has 7 nitrogen and oxygen atoms in total. The number of carbonyl (C=O) groups is 1. The topological polar surface area (TPSA) is 109 Å². The summed E-state index contributed by atoms with van der Waals surface area (Å²) in [7, 11) is 0. The molecule has 1 amide bonds. The van der Waals surface area contributed by atoms with Crippen LogP contribution in [0.5, 0.6) is 0 Å². The minimum absolute atomic E-state index is 0.142. The maximum atomic E-state index is 12.2. The molecule has 25 heavy (non-hydrogen) atoms. The van der Waals surface area contributed by atoms with Crippen molar-refractivity contribution >= 4 is 23.4 Å². The summed E-state index contributed by atoms with van der Waals surface area (Å²) in [5, 5.41) is 22.5.